The van der Waals surface area contributed by atoms with Gasteiger partial charge in [-0.25, -0.2) is 8.78 Å². The van der Waals surface area contributed by atoms with Crippen LogP contribution < -0.4 is 20.9 Å². The first-order valence-corrected chi connectivity index (χ1v) is 12.9. The predicted molar refractivity (Wildman–Crippen MR) is 134 cm³/mol. The van der Waals surface area contributed by atoms with Crippen LogP contribution >= 0.6 is 22.9 Å². The Morgan fingerprint density at radius 3 is 2.59 bits per heavy atom. The fourth-order valence-corrected chi connectivity index (χ4v) is 4.87. The SMILES string of the molecule is O=C(NC[C@@H](NC(=O)C1CCC1)C(=O)Nc1ccc(N2CCOCC2=O)cc1C(F)F)c1ccc(Cl)s1. The highest BCUT2D eigenvalue weighted by atomic mass is 35.5. The Balaban J connectivity index is 1.50. The van der Waals surface area contributed by atoms with Crippen molar-refractivity contribution in [2.75, 3.05) is 36.5 Å². The number of nitrogens with one attached hydrogen (secondary N) is 3. The Bertz CT molecular complexity index is 1190. The number of alkyl halides is 2. The Hall–Kier alpha value is -3.09. The van der Waals surface area contributed by atoms with Gasteiger partial charge in [0.15, 0.2) is 0 Å². The number of nitrogens with zero attached hydrogens (tertiary/aromatic N) is 1. The van der Waals surface area contributed by atoms with Gasteiger partial charge < -0.3 is 25.6 Å². The molecule has 1 aliphatic carbocycles. The number of morpholine rings is 1. The van der Waals surface area contributed by atoms with Crippen LogP contribution in [0.25, 0.3) is 0 Å². The molecule has 2 aliphatic rings. The van der Waals surface area contributed by atoms with Crippen LogP contribution in [0.1, 0.15) is 40.9 Å². The molecule has 1 saturated heterocycles. The van der Waals surface area contributed by atoms with E-state index in [1.807, 2.05) is 0 Å². The van der Waals surface area contributed by atoms with E-state index in [0.29, 0.717) is 22.1 Å². The zero-order valence-electron chi connectivity index (χ0n) is 19.6. The summed E-state index contributed by atoms with van der Waals surface area (Å²) < 4.78 is 33.3. The van der Waals surface area contributed by atoms with Gasteiger partial charge in [0.1, 0.15) is 12.6 Å². The van der Waals surface area contributed by atoms with E-state index >= 15 is 0 Å². The van der Waals surface area contributed by atoms with Gasteiger partial charge in [-0.15, -0.1) is 11.3 Å². The molecule has 37 heavy (non-hydrogen) atoms. The van der Waals surface area contributed by atoms with Crippen molar-refractivity contribution in [3.8, 4) is 0 Å². The zero-order valence-corrected chi connectivity index (χ0v) is 21.2. The van der Waals surface area contributed by atoms with E-state index < -0.39 is 29.8 Å². The minimum atomic E-state index is -2.95. The van der Waals surface area contributed by atoms with Crippen LogP contribution in [0, 0.1) is 5.92 Å². The van der Waals surface area contributed by atoms with E-state index in [9.17, 15) is 28.0 Å². The zero-order chi connectivity index (χ0) is 26.5. The number of amides is 4. The second kappa shape index (κ2) is 12.0. The molecule has 1 aromatic heterocycles. The summed E-state index contributed by atoms with van der Waals surface area (Å²) in [5.41, 5.74) is -0.381. The highest BCUT2D eigenvalue weighted by Crippen LogP contribution is 2.32. The quantitative estimate of drug-likeness (QED) is 0.439. The molecule has 4 amide bonds. The van der Waals surface area contributed by atoms with Gasteiger partial charge in [-0.2, -0.15) is 0 Å². The molecule has 0 bridgehead atoms. The Kier molecular flexibility index (Phi) is 8.72. The first-order valence-electron chi connectivity index (χ1n) is 11.7. The maximum Gasteiger partial charge on any atom is 0.265 e. The van der Waals surface area contributed by atoms with Gasteiger partial charge in [-0.3, -0.25) is 19.2 Å². The molecule has 9 nitrogen and oxygen atoms in total. The van der Waals surface area contributed by atoms with Gasteiger partial charge in [-0.05, 0) is 43.2 Å². The number of ether oxygens (including phenoxy) is 1. The number of thiophene rings is 1. The van der Waals surface area contributed by atoms with Gasteiger partial charge in [0, 0.05) is 35.9 Å². The molecular formula is C24H25ClF2N4O5S. The standard InChI is InChI=1S/C24H25ClF2N4O5S/c25-19-7-6-18(37-19)24(35)28-11-17(30-22(33)13-2-1-3-13)23(34)29-16-5-4-14(10-15(16)21(26)27)31-8-9-36-12-20(31)32/h4-7,10,13,17,21H,1-3,8-9,11-12H2,(H,28,35)(H,29,34)(H,30,33)/t17-/m1/s1. The number of hydrogen-bond acceptors (Lipinski definition) is 6. The second-order valence-electron chi connectivity index (χ2n) is 8.66. The molecule has 0 unspecified atom stereocenters. The van der Waals surface area contributed by atoms with Crippen molar-refractivity contribution in [3.05, 3.63) is 45.1 Å². The molecule has 3 N–H and O–H groups in total. The molecular weight excluding hydrogens is 530 g/mol. The first kappa shape index (κ1) is 27.0. The highest BCUT2D eigenvalue weighted by Gasteiger charge is 2.31. The number of carbonyl (C=O) groups excluding carboxylic acids is 4. The van der Waals surface area contributed by atoms with Crippen molar-refractivity contribution in [2.45, 2.75) is 31.7 Å². The summed E-state index contributed by atoms with van der Waals surface area (Å²) in [6.45, 7) is 0.0922. The molecule has 2 fully saturated rings. The smallest absolute Gasteiger partial charge is 0.265 e. The summed E-state index contributed by atoms with van der Waals surface area (Å²) in [5, 5.41) is 7.66. The van der Waals surface area contributed by atoms with Crippen molar-refractivity contribution in [3.63, 3.8) is 0 Å². The summed E-state index contributed by atoms with van der Waals surface area (Å²) in [7, 11) is 0. The third-order valence-electron chi connectivity index (χ3n) is 6.20. The van der Waals surface area contributed by atoms with E-state index in [1.54, 1.807) is 6.07 Å². The van der Waals surface area contributed by atoms with Crippen LogP contribution in [-0.2, 0) is 19.1 Å². The number of benzene rings is 1. The van der Waals surface area contributed by atoms with Gasteiger partial charge in [0.2, 0.25) is 11.8 Å². The van der Waals surface area contributed by atoms with E-state index in [4.69, 9.17) is 16.3 Å². The summed E-state index contributed by atoms with van der Waals surface area (Å²) in [4.78, 5) is 51.9. The number of carbonyl (C=O) groups is 4. The molecule has 1 aliphatic heterocycles. The topological polar surface area (TPSA) is 117 Å². The summed E-state index contributed by atoms with van der Waals surface area (Å²) in [6.07, 6.45) is -0.659. The lowest BCUT2D eigenvalue weighted by molar-refractivity contribution is -0.131. The lowest BCUT2D eigenvalue weighted by Crippen LogP contribution is -2.52. The summed E-state index contributed by atoms with van der Waals surface area (Å²) in [6, 6.07) is 5.76. The molecule has 4 rings (SSSR count). The predicted octanol–water partition coefficient (Wildman–Crippen LogP) is 3.36. The van der Waals surface area contributed by atoms with E-state index in [2.05, 4.69) is 16.0 Å². The molecule has 1 saturated carbocycles. The van der Waals surface area contributed by atoms with Gasteiger partial charge in [-0.1, -0.05) is 18.0 Å². The molecule has 0 radical (unpaired) electrons. The fourth-order valence-electron chi connectivity index (χ4n) is 3.91. The Morgan fingerprint density at radius 1 is 1.19 bits per heavy atom. The maximum absolute atomic E-state index is 13.9. The van der Waals surface area contributed by atoms with Crippen molar-refractivity contribution in [1.29, 1.82) is 0 Å². The second-order valence-corrected chi connectivity index (χ2v) is 10.4. The lowest BCUT2D eigenvalue weighted by Gasteiger charge is -2.28. The number of hydrogen-bond donors (Lipinski definition) is 3. The summed E-state index contributed by atoms with van der Waals surface area (Å²) in [5.74, 6) is -2.18. The molecule has 1 atom stereocenters. The van der Waals surface area contributed by atoms with Crippen LogP contribution in [0.3, 0.4) is 0 Å². The van der Waals surface area contributed by atoms with Crippen molar-refractivity contribution >= 4 is 57.9 Å². The van der Waals surface area contributed by atoms with Crippen LogP contribution in [0.2, 0.25) is 4.34 Å². The summed E-state index contributed by atoms with van der Waals surface area (Å²) >= 11 is 6.93. The maximum atomic E-state index is 13.9. The third-order valence-corrected chi connectivity index (χ3v) is 7.43. The van der Waals surface area contributed by atoms with Crippen LogP contribution in [-0.4, -0.2) is 56.0 Å². The number of halogens is 3. The largest absolute Gasteiger partial charge is 0.370 e. The van der Waals surface area contributed by atoms with Gasteiger partial charge in [0.05, 0.1) is 15.8 Å². The Morgan fingerprint density at radius 2 is 1.97 bits per heavy atom. The molecule has 2 heterocycles. The van der Waals surface area contributed by atoms with E-state index in [1.165, 1.54) is 23.1 Å². The monoisotopic (exact) mass is 554 g/mol. The normalized spacial score (nSPS) is 16.8. The third kappa shape index (κ3) is 6.62. The van der Waals surface area contributed by atoms with E-state index in [0.717, 1.165) is 23.8 Å². The first-order chi connectivity index (χ1) is 17.7. The average Bonchev–Trinajstić information content (AvgIpc) is 3.27. The molecule has 13 heteroatoms. The minimum Gasteiger partial charge on any atom is -0.370 e. The van der Waals surface area contributed by atoms with Crippen LogP contribution in [0.15, 0.2) is 30.3 Å². The Labute approximate surface area is 220 Å². The average molecular weight is 555 g/mol. The van der Waals surface area contributed by atoms with Gasteiger partial charge in [0.25, 0.3) is 18.2 Å². The van der Waals surface area contributed by atoms with Crippen molar-refractivity contribution in [2.24, 2.45) is 5.92 Å². The van der Waals surface area contributed by atoms with E-state index in [-0.39, 0.29) is 55.4 Å². The molecule has 1 aromatic carbocycles. The number of anilines is 2. The molecule has 198 valence electrons. The van der Waals surface area contributed by atoms with Gasteiger partial charge >= 0.3 is 0 Å². The van der Waals surface area contributed by atoms with Crippen molar-refractivity contribution in [1.82, 2.24) is 10.6 Å². The van der Waals surface area contributed by atoms with Crippen LogP contribution in [0.4, 0.5) is 20.2 Å². The van der Waals surface area contributed by atoms with Crippen molar-refractivity contribution < 1.29 is 32.7 Å². The molecule has 0 spiro atoms. The molecule has 2 aromatic rings. The lowest BCUT2D eigenvalue weighted by atomic mass is 9.84. The fraction of sp³-hybridized carbons (Fsp3) is 0.417. The van der Waals surface area contributed by atoms with Crippen LogP contribution in [0.5, 0.6) is 0 Å². The number of rotatable bonds is 9. The highest BCUT2D eigenvalue weighted by molar-refractivity contribution is 7.18. The minimum absolute atomic E-state index is 0.145.